The van der Waals surface area contributed by atoms with Crippen LogP contribution in [0.15, 0.2) is 42.6 Å². The Balaban J connectivity index is 0.00000264. The fourth-order valence-electron chi connectivity index (χ4n) is 1.91. The van der Waals surface area contributed by atoms with Gasteiger partial charge in [-0.25, -0.2) is 0 Å². The second-order valence-electron chi connectivity index (χ2n) is 4.58. The van der Waals surface area contributed by atoms with Crippen molar-refractivity contribution in [2.24, 2.45) is 5.73 Å². The van der Waals surface area contributed by atoms with Gasteiger partial charge in [-0.3, -0.25) is 4.98 Å². The molecule has 134 valence electrons. The maximum Gasteiger partial charge on any atom is 0.416 e. The Morgan fingerprint density at radius 1 is 1.17 bits per heavy atom. The van der Waals surface area contributed by atoms with Crippen molar-refractivity contribution in [3.63, 3.8) is 0 Å². The fourth-order valence-corrected chi connectivity index (χ4v) is 2.07. The zero-order valence-electron chi connectivity index (χ0n) is 12.3. The molecule has 0 aliphatic heterocycles. The van der Waals surface area contributed by atoms with Crippen LogP contribution in [0.4, 0.5) is 13.2 Å². The van der Waals surface area contributed by atoms with Gasteiger partial charge in [0, 0.05) is 12.6 Å². The molecule has 0 aliphatic rings. The highest BCUT2D eigenvalue weighted by atomic mass is 35.5. The first-order valence-electron chi connectivity index (χ1n) is 6.56. The predicted molar refractivity (Wildman–Crippen MR) is 92.2 cm³/mol. The molecule has 2 rings (SSSR count). The average Bonchev–Trinajstić information content (AvgIpc) is 2.48. The quantitative estimate of drug-likeness (QED) is 0.758. The summed E-state index contributed by atoms with van der Waals surface area (Å²) in [6.45, 7) is 0.303. The molecule has 1 aromatic carbocycles. The van der Waals surface area contributed by atoms with Crippen LogP contribution in [0.2, 0.25) is 5.02 Å². The lowest BCUT2D eigenvalue weighted by atomic mass is 10.1. The normalized spacial score (nSPS) is 11.9. The fraction of sp³-hybridized carbons (Fsp3) is 0.267. The van der Waals surface area contributed by atoms with Crippen LogP contribution in [0, 0.1) is 0 Å². The number of ether oxygens (including phenoxy) is 1. The Bertz CT molecular complexity index is 627. The van der Waals surface area contributed by atoms with E-state index in [9.17, 15) is 13.2 Å². The van der Waals surface area contributed by atoms with Crippen LogP contribution in [0.3, 0.4) is 0 Å². The van der Waals surface area contributed by atoms with Crippen LogP contribution in [0.5, 0.6) is 5.75 Å². The first kappa shape index (κ1) is 22.8. The number of pyridine rings is 1. The first-order valence-corrected chi connectivity index (χ1v) is 6.94. The number of benzene rings is 1. The number of nitrogens with two attached hydrogens (primary N) is 1. The van der Waals surface area contributed by atoms with Gasteiger partial charge >= 0.3 is 6.18 Å². The third-order valence-corrected chi connectivity index (χ3v) is 3.29. The Hall–Kier alpha value is -1.21. The maximum absolute atomic E-state index is 12.8. The SMILES string of the molecule is Cl.Cl.NCCC(Oc1cc(C(F)(F)F)ccc1Cl)c1ccccn1. The average molecular weight is 404 g/mol. The second kappa shape index (κ2) is 9.93. The third-order valence-electron chi connectivity index (χ3n) is 2.97. The van der Waals surface area contributed by atoms with E-state index >= 15 is 0 Å². The summed E-state index contributed by atoms with van der Waals surface area (Å²) in [6, 6.07) is 8.19. The van der Waals surface area contributed by atoms with Crippen molar-refractivity contribution in [3.8, 4) is 5.75 Å². The molecule has 2 aromatic rings. The van der Waals surface area contributed by atoms with Crippen LogP contribution >= 0.6 is 36.4 Å². The molecule has 0 bridgehead atoms. The van der Waals surface area contributed by atoms with Gasteiger partial charge in [0.25, 0.3) is 0 Å². The van der Waals surface area contributed by atoms with E-state index in [0.717, 1.165) is 18.2 Å². The van der Waals surface area contributed by atoms with Crippen molar-refractivity contribution in [3.05, 3.63) is 58.9 Å². The second-order valence-corrected chi connectivity index (χ2v) is 4.99. The van der Waals surface area contributed by atoms with Crippen LogP contribution in [-0.4, -0.2) is 11.5 Å². The van der Waals surface area contributed by atoms with Crippen molar-refractivity contribution in [2.45, 2.75) is 18.7 Å². The zero-order chi connectivity index (χ0) is 16.2. The molecular formula is C15H16Cl3F3N2O. The van der Waals surface area contributed by atoms with Crippen LogP contribution in [0.1, 0.15) is 23.8 Å². The van der Waals surface area contributed by atoms with E-state index in [1.165, 1.54) is 0 Å². The molecule has 3 nitrogen and oxygen atoms in total. The van der Waals surface area contributed by atoms with Crippen LogP contribution in [0.25, 0.3) is 0 Å². The lowest BCUT2D eigenvalue weighted by Gasteiger charge is -2.19. The molecule has 0 radical (unpaired) electrons. The Morgan fingerprint density at radius 2 is 1.88 bits per heavy atom. The van der Waals surface area contributed by atoms with Crippen molar-refractivity contribution in [1.82, 2.24) is 4.98 Å². The molecule has 2 N–H and O–H groups in total. The third kappa shape index (κ3) is 6.02. The van der Waals surface area contributed by atoms with Crippen molar-refractivity contribution < 1.29 is 17.9 Å². The molecule has 24 heavy (non-hydrogen) atoms. The summed E-state index contributed by atoms with van der Waals surface area (Å²) in [7, 11) is 0. The van der Waals surface area contributed by atoms with E-state index in [1.54, 1.807) is 24.4 Å². The molecule has 0 saturated carbocycles. The van der Waals surface area contributed by atoms with Gasteiger partial charge in [-0.2, -0.15) is 13.2 Å². The minimum absolute atomic E-state index is 0. The number of hydrogen-bond acceptors (Lipinski definition) is 3. The molecule has 0 saturated heterocycles. The minimum Gasteiger partial charge on any atom is -0.482 e. The van der Waals surface area contributed by atoms with E-state index < -0.39 is 17.8 Å². The molecule has 0 amide bonds. The molecule has 0 spiro atoms. The minimum atomic E-state index is -4.46. The Morgan fingerprint density at radius 3 is 2.42 bits per heavy atom. The van der Waals surface area contributed by atoms with Gasteiger partial charge in [-0.1, -0.05) is 17.7 Å². The summed E-state index contributed by atoms with van der Waals surface area (Å²) >= 11 is 5.93. The zero-order valence-corrected chi connectivity index (χ0v) is 14.7. The number of aromatic nitrogens is 1. The molecule has 9 heteroatoms. The van der Waals surface area contributed by atoms with Crippen molar-refractivity contribution in [2.75, 3.05) is 6.54 Å². The summed E-state index contributed by atoms with van der Waals surface area (Å²) in [5.41, 5.74) is 5.30. The number of rotatable bonds is 5. The van der Waals surface area contributed by atoms with Gasteiger partial charge in [0.15, 0.2) is 0 Å². The summed E-state index contributed by atoms with van der Waals surface area (Å²) in [5, 5.41) is 0.103. The van der Waals surface area contributed by atoms with Crippen LogP contribution in [-0.2, 0) is 6.18 Å². The Labute approximate surface area is 155 Å². The van der Waals surface area contributed by atoms with Crippen molar-refractivity contribution in [1.29, 1.82) is 0 Å². The Kier molecular flexibility index (Phi) is 9.43. The summed E-state index contributed by atoms with van der Waals surface area (Å²) in [4.78, 5) is 4.15. The summed E-state index contributed by atoms with van der Waals surface area (Å²) in [5.74, 6) is -0.0411. The molecule has 0 aliphatic carbocycles. The van der Waals surface area contributed by atoms with Gasteiger partial charge in [0.1, 0.15) is 11.9 Å². The van der Waals surface area contributed by atoms with E-state index in [-0.39, 0.29) is 35.6 Å². The highest BCUT2D eigenvalue weighted by Gasteiger charge is 2.31. The maximum atomic E-state index is 12.8. The number of hydrogen-bond donors (Lipinski definition) is 1. The number of alkyl halides is 3. The van der Waals surface area contributed by atoms with E-state index in [1.807, 2.05) is 0 Å². The van der Waals surface area contributed by atoms with Gasteiger partial charge in [-0.15, -0.1) is 24.8 Å². The van der Waals surface area contributed by atoms with Gasteiger partial charge in [-0.05, 0) is 36.9 Å². The standard InChI is InChI=1S/C15H14ClF3N2O.2ClH/c16-11-5-4-10(15(17,18)19)9-14(11)22-13(6-7-20)12-3-1-2-8-21-12;;/h1-5,8-9,13H,6-7,20H2;2*1H. The molecule has 1 unspecified atom stereocenters. The molecule has 1 aromatic heterocycles. The smallest absolute Gasteiger partial charge is 0.416 e. The highest BCUT2D eigenvalue weighted by molar-refractivity contribution is 6.32. The number of halogens is 6. The summed E-state index contributed by atoms with van der Waals surface area (Å²) < 4.78 is 44.0. The van der Waals surface area contributed by atoms with E-state index in [2.05, 4.69) is 4.98 Å². The van der Waals surface area contributed by atoms with E-state index in [0.29, 0.717) is 18.7 Å². The number of nitrogens with zero attached hydrogens (tertiary/aromatic N) is 1. The predicted octanol–water partition coefficient (Wildman–Crippen LogP) is 5.07. The molecule has 1 heterocycles. The van der Waals surface area contributed by atoms with Gasteiger partial charge < -0.3 is 10.5 Å². The summed E-state index contributed by atoms with van der Waals surface area (Å²) in [6.07, 6.45) is -3.04. The van der Waals surface area contributed by atoms with Gasteiger partial charge in [0.05, 0.1) is 16.3 Å². The first-order chi connectivity index (χ1) is 10.4. The lowest BCUT2D eigenvalue weighted by Crippen LogP contribution is -2.15. The van der Waals surface area contributed by atoms with Crippen molar-refractivity contribution >= 4 is 36.4 Å². The highest BCUT2D eigenvalue weighted by Crippen LogP contribution is 2.36. The lowest BCUT2D eigenvalue weighted by molar-refractivity contribution is -0.137. The van der Waals surface area contributed by atoms with E-state index in [4.69, 9.17) is 22.1 Å². The van der Waals surface area contributed by atoms with Crippen LogP contribution < -0.4 is 10.5 Å². The molecular weight excluding hydrogens is 388 g/mol. The largest absolute Gasteiger partial charge is 0.482 e. The monoisotopic (exact) mass is 402 g/mol. The van der Waals surface area contributed by atoms with Gasteiger partial charge in [0.2, 0.25) is 0 Å². The molecule has 1 atom stereocenters. The topological polar surface area (TPSA) is 48.1 Å². The molecule has 0 fully saturated rings.